The molecule has 9 rings (SSSR count). The van der Waals surface area contributed by atoms with Crippen LogP contribution in [0.1, 0.15) is 59.2 Å². The predicted octanol–water partition coefficient (Wildman–Crippen LogP) is 2.55. The minimum Gasteiger partial charge on any atom is -0.507 e. The summed E-state index contributed by atoms with van der Waals surface area (Å²) in [4.78, 5) is 61.9. The molecule has 0 bridgehead atoms. The molecule has 0 saturated carbocycles. The van der Waals surface area contributed by atoms with Crippen LogP contribution in [0, 0.1) is 5.41 Å². The lowest BCUT2D eigenvalue weighted by Crippen LogP contribution is -2.59. The second-order valence-electron chi connectivity index (χ2n) is 15.6. The van der Waals surface area contributed by atoms with Crippen molar-refractivity contribution in [2.45, 2.75) is 50.6 Å². The number of nitrogens with one attached hydrogen (secondary N) is 2. The first-order valence-corrected chi connectivity index (χ1v) is 19.0. The number of hydrogen-bond acceptors (Lipinski definition) is 12. The van der Waals surface area contributed by atoms with E-state index in [0.717, 1.165) is 107 Å². The maximum absolute atomic E-state index is 13.5. The third-order valence-corrected chi connectivity index (χ3v) is 12.4. The van der Waals surface area contributed by atoms with Gasteiger partial charge < -0.3 is 25.1 Å². The number of phenols is 1. The first kappa shape index (κ1) is 33.7. The highest BCUT2D eigenvalue weighted by atomic mass is 16.3. The van der Waals surface area contributed by atoms with Gasteiger partial charge in [0.25, 0.3) is 11.8 Å². The lowest BCUT2D eigenvalue weighted by atomic mass is 9.72. The standard InChI is InChI=1S/C39H45N9O5/c49-33-5-2-1-4-28(33)30-21-32-35(43-42-30)40-22-26-23-45(18-19-47(26)32)17-16-44-14-11-39(12-15-44)10-3-13-46(24-39)25-6-7-27-29(20-25)38(53)48(37(27)52)31-8-9-34(50)41-36(31)51/h1-2,4-7,20-21,26,31,49H,3,8-19,22-24H2,(H,40,43)(H,41,50,51)/t26-,31?/m0/s1. The lowest BCUT2D eigenvalue weighted by molar-refractivity contribution is -0.136. The van der Waals surface area contributed by atoms with Crippen LogP contribution in [0.4, 0.5) is 17.2 Å². The van der Waals surface area contributed by atoms with Gasteiger partial charge in [0.15, 0.2) is 5.82 Å². The number of para-hydroxylation sites is 1. The zero-order chi connectivity index (χ0) is 36.3. The number of anilines is 3. The number of likely N-dealkylation sites (tertiary alicyclic amines) is 1. The fourth-order valence-corrected chi connectivity index (χ4v) is 9.40. The van der Waals surface area contributed by atoms with Crippen LogP contribution in [0.5, 0.6) is 5.75 Å². The number of piperidine rings is 3. The summed E-state index contributed by atoms with van der Waals surface area (Å²) in [6.45, 7) is 9.74. The molecule has 4 saturated heterocycles. The Balaban J connectivity index is 0.785. The number of piperazine rings is 1. The van der Waals surface area contributed by atoms with Crippen LogP contribution in [-0.2, 0) is 9.59 Å². The Kier molecular flexibility index (Phi) is 8.53. The highest BCUT2D eigenvalue weighted by molar-refractivity contribution is 6.23. The SMILES string of the molecule is O=C1CCC(N2C(=O)c3ccc(N4CCCC5(CCN(CCN6CCN7c8cc(-c9ccccc9O)nnc8NC[C@H]7C6)CC5)C4)cc3C2=O)C(=O)N1. The van der Waals surface area contributed by atoms with Gasteiger partial charge >= 0.3 is 0 Å². The molecule has 14 heteroatoms. The number of benzene rings is 2. The average Bonchev–Trinajstić information content (AvgIpc) is 3.42. The molecule has 1 unspecified atom stereocenters. The number of carbonyl (C=O) groups is 4. The van der Waals surface area contributed by atoms with Crippen LogP contribution < -0.4 is 20.4 Å². The number of imide groups is 2. The Hall–Kier alpha value is -5.08. The smallest absolute Gasteiger partial charge is 0.262 e. The molecule has 1 aromatic heterocycles. The maximum Gasteiger partial charge on any atom is 0.262 e. The van der Waals surface area contributed by atoms with Gasteiger partial charge in [0.2, 0.25) is 11.8 Å². The minimum atomic E-state index is -0.959. The molecule has 3 N–H and O–H groups in total. The lowest BCUT2D eigenvalue weighted by Gasteiger charge is -2.49. The topological polar surface area (TPSA) is 155 Å². The van der Waals surface area contributed by atoms with Gasteiger partial charge in [-0.25, -0.2) is 0 Å². The van der Waals surface area contributed by atoms with Crippen molar-refractivity contribution in [3.05, 3.63) is 59.7 Å². The molecule has 6 aliphatic heterocycles. The van der Waals surface area contributed by atoms with Crippen molar-refractivity contribution >= 4 is 40.8 Å². The highest BCUT2D eigenvalue weighted by Crippen LogP contribution is 2.42. The number of amides is 4. The normalized spacial score (nSPS) is 24.5. The van der Waals surface area contributed by atoms with Gasteiger partial charge in [-0.15, -0.1) is 10.2 Å². The van der Waals surface area contributed by atoms with Crippen molar-refractivity contribution in [1.82, 2.24) is 30.2 Å². The number of rotatable bonds is 6. The van der Waals surface area contributed by atoms with E-state index in [2.05, 4.69) is 40.4 Å². The van der Waals surface area contributed by atoms with Crippen molar-refractivity contribution in [2.75, 3.05) is 80.6 Å². The first-order valence-electron chi connectivity index (χ1n) is 19.0. The molecule has 2 aromatic carbocycles. The van der Waals surface area contributed by atoms with Gasteiger partial charge in [-0.05, 0) is 87.0 Å². The molecule has 14 nitrogen and oxygen atoms in total. The summed E-state index contributed by atoms with van der Waals surface area (Å²) >= 11 is 0. The molecular formula is C39H45N9O5. The summed E-state index contributed by atoms with van der Waals surface area (Å²) in [5, 5.41) is 25.0. The maximum atomic E-state index is 13.5. The first-order chi connectivity index (χ1) is 25.7. The van der Waals surface area contributed by atoms with Gasteiger partial charge in [-0.1, -0.05) is 12.1 Å². The summed E-state index contributed by atoms with van der Waals surface area (Å²) < 4.78 is 0. The van der Waals surface area contributed by atoms with E-state index in [0.29, 0.717) is 28.4 Å². The summed E-state index contributed by atoms with van der Waals surface area (Å²) in [6.07, 6.45) is 4.79. The summed E-state index contributed by atoms with van der Waals surface area (Å²) in [6, 6.07) is 14.2. The Bertz CT molecular complexity index is 1980. The molecule has 0 aliphatic carbocycles. The fraction of sp³-hybridized carbons (Fsp3) is 0.487. The Morgan fingerprint density at radius 1 is 0.830 bits per heavy atom. The van der Waals surface area contributed by atoms with E-state index in [1.54, 1.807) is 12.1 Å². The molecular weight excluding hydrogens is 674 g/mol. The van der Waals surface area contributed by atoms with Gasteiger partial charge in [-0.3, -0.25) is 34.3 Å². The van der Waals surface area contributed by atoms with Gasteiger partial charge in [0, 0.05) is 70.0 Å². The average molecular weight is 720 g/mol. The van der Waals surface area contributed by atoms with Crippen molar-refractivity contribution in [3.63, 3.8) is 0 Å². The molecule has 276 valence electrons. The van der Waals surface area contributed by atoms with Crippen LogP contribution in [0.25, 0.3) is 11.3 Å². The largest absolute Gasteiger partial charge is 0.507 e. The second kappa shape index (κ2) is 13.4. The zero-order valence-electron chi connectivity index (χ0n) is 29.8. The van der Waals surface area contributed by atoms with Crippen molar-refractivity contribution in [2.24, 2.45) is 5.41 Å². The Morgan fingerprint density at radius 2 is 1.64 bits per heavy atom. The molecule has 53 heavy (non-hydrogen) atoms. The number of hydrogen-bond donors (Lipinski definition) is 3. The van der Waals surface area contributed by atoms with Crippen LogP contribution in [-0.4, -0.2) is 131 Å². The fourth-order valence-electron chi connectivity index (χ4n) is 9.40. The summed E-state index contributed by atoms with van der Waals surface area (Å²) in [5.74, 6) is -0.893. The van der Waals surface area contributed by atoms with E-state index in [1.807, 2.05) is 36.4 Å². The van der Waals surface area contributed by atoms with E-state index in [9.17, 15) is 24.3 Å². The van der Waals surface area contributed by atoms with Crippen molar-refractivity contribution < 1.29 is 24.3 Å². The van der Waals surface area contributed by atoms with E-state index in [-0.39, 0.29) is 29.9 Å². The van der Waals surface area contributed by atoms with Gasteiger partial charge in [-0.2, -0.15) is 0 Å². The Labute approximate surface area is 308 Å². The molecule has 4 fully saturated rings. The van der Waals surface area contributed by atoms with Crippen LogP contribution >= 0.6 is 0 Å². The van der Waals surface area contributed by atoms with E-state index < -0.39 is 23.8 Å². The number of aromatic nitrogens is 2. The molecule has 7 heterocycles. The number of nitrogens with zero attached hydrogens (tertiary/aromatic N) is 7. The molecule has 3 aromatic rings. The third kappa shape index (κ3) is 6.17. The van der Waals surface area contributed by atoms with Crippen molar-refractivity contribution in [1.29, 1.82) is 0 Å². The van der Waals surface area contributed by atoms with Crippen LogP contribution in [0.3, 0.4) is 0 Å². The van der Waals surface area contributed by atoms with Crippen LogP contribution in [0.2, 0.25) is 0 Å². The number of carbonyl (C=O) groups excluding carboxylic acids is 4. The van der Waals surface area contributed by atoms with E-state index in [4.69, 9.17) is 0 Å². The predicted molar refractivity (Wildman–Crippen MR) is 198 cm³/mol. The van der Waals surface area contributed by atoms with E-state index >= 15 is 0 Å². The van der Waals surface area contributed by atoms with Gasteiger partial charge in [0.1, 0.15) is 11.8 Å². The zero-order valence-corrected chi connectivity index (χ0v) is 29.8. The minimum absolute atomic E-state index is 0.105. The molecule has 4 amide bonds. The van der Waals surface area contributed by atoms with Crippen LogP contribution in [0.15, 0.2) is 48.5 Å². The third-order valence-electron chi connectivity index (χ3n) is 12.4. The monoisotopic (exact) mass is 719 g/mol. The molecule has 1 spiro atoms. The second-order valence-corrected chi connectivity index (χ2v) is 15.6. The Morgan fingerprint density at radius 3 is 2.47 bits per heavy atom. The number of aromatic hydroxyl groups is 1. The molecule has 0 radical (unpaired) electrons. The molecule has 6 aliphatic rings. The summed E-state index contributed by atoms with van der Waals surface area (Å²) in [5.41, 5.74) is 4.23. The number of fused-ring (bicyclic) bond motifs is 4. The van der Waals surface area contributed by atoms with E-state index in [1.165, 1.54) is 6.42 Å². The van der Waals surface area contributed by atoms with Crippen molar-refractivity contribution in [3.8, 4) is 17.0 Å². The quantitative estimate of drug-likeness (QED) is 0.321. The summed E-state index contributed by atoms with van der Waals surface area (Å²) in [7, 11) is 0. The highest BCUT2D eigenvalue weighted by Gasteiger charge is 2.45. The number of phenolic OH excluding ortho intramolecular Hbond substituents is 1. The molecule has 2 atom stereocenters. The van der Waals surface area contributed by atoms with Gasteiger partial charge in [0.05, 0.1) is 28.6 Å².